The Kier molecular flexibility index (Phi) is 24.9. The van der Waals surface area contributed by atoms with Gasteiger partial charge in [-0.1, -0.05) is 88.3 Å². The summed E-state index contributed by atoms with van der Waals surface area (Å²) in [6.45, 7) is 24.4. The molecule has 0 aliphatic carbocycles. The Balaban J connectivity index is -0.000000323. The predicted molar refractivity (Wildman–Crippen MR) is 127 cm³/mol. The van der Waals surface area contributed by atoms with Crippen molar-refractivity contribution in [3.63, 3.8) is 0 Å². The molecule has 0 bridgehead atoms. The van der Waals surface area contributed by atoms with Crippen LogP contribution in [0.15, 0.2) is 11.8 Å². The highest BCUT2D eigenvalue weighted by atomic mass is 32.1. The standard InChI is InChI=1S/C5H9N3.C5H8N2S.C4H8N4.3C2H6/c1-4(2)5-6-3-7-8-5;1-4(2)5-7-6-3-8-5;1-3(2)4-5-7-8-6-4;3*1-2/h3-4H,1-2H3,(H,6,7,8);3-4H,1-2H3;3H,1-2H3,(H,5,6,7,8);3*1-2H3. The van der Waals surface area contributed by atoms with Crippen molar-refractivity contribution in [2.45, 2.75) is 101 Å². The highest BCUT2D eigenvalue weighted by Gasteiger charge is 2.01. The molecule has 2 N–H and O–H groups in total. The second kappa shape index (κ2) is 23.1. The van der Waals surface area contributed by atoms with Crippen LogP contribution in [0, 0.1) is 0 Å². The average Bonchev–Trinajstić information content (AvgIpc) is 3.56. The van der Waals surface area contributed by atoms with Crippen molar-refractivity contribution in [2.24, 2.45) is 0 Å². The summed E-state index contributed by atoms with van der Waals surface area (Å²) < 4.78 is 0. The van der Waals surface area contributed by atoms with Gasteiger partial charge in [0.15, 0.2) is 5.82 Å². The van der Waals surface area contributed by atoms with E-state index in [1.54, 1.807) is 16.8 Å². The molecule has 0 saturated carbocycles. The molecule has 3 rings (SSSR count). The fourth-order valence-corrected chi connectivity index (χ4v) is 1.91. The molecule has 9 nitrogen and oxygen atoms in total. The summed E-state index contributed by atoms with van der Waals surface area (Å²) in [5, 5.41) is 28.5. The average molecular weight is 442 g/mol. The molecule has 30 heavy (non-hydrogen) atoms. The van der Waals surface area contributed by atoms with E-state index in [0.29, 0.717) is 17.8 Å². The van der Waals surface area contributed by atoms with E-state index in [4.69, 9.17) is 0 Å². The van der Waals surface area contributed by atoms with Crippen LogP contribution in [0.25, 0.3) is 0 Å². The Morgan fingerprint density at radius 3 is 1.60 bits per heavy atom. The maximum atomic E-state index is 3.95. The minimum absolute atomic E-state index is 0.369. The van der Waals surface area contributed by atoms with Crippen LogP contribution in [0.2, 0.25) is 0 Å². The number of nitrogens with zero attached hydrogens (tertiary/aromatic N) is 7. The van der Waals surface area contributed by atoms with Crippen molar-refractivity contribution in [1.82, 2.24) is 46.0 Å². The fourth-order valence-electron chi connectivity index (χ4n) is 1.34. The molecule has 0 fully saturated rings. The maximum Gasteiger partial charge on any atom is 0.177 e. The van der Waals surface area contributed by atoms with E-state index in [1.807, 2.05) is 55.4 Å². The zero-order valence-electron chi connectivity index (χ0n) is 20.9. The minimum atomic E-state index is 0.369. The molecule has 0 amide bonds. The molecular weight excluding hydrogens is 398 g/mol. The SMILES string of the molecule is CC.CC.CC.CC(C)c1ncn[nH]1.CC(C)c1nn[nH]n1.CC(C)c1nncs1. The molecule has 10 heteroatoms. The van der Waals surface area contributed by atoms with Crippen LogP contribution < -0.4 is 0 Å². The lowest BCUT2D eigenvalue weighted by Gasteiger charge is -1.93. The lowest BCUT2D eigenvalue weighted by Crippen LogP contribution is -1.88. The number of nitrogens with one attached hydrogen (secondary N) is 2. The van der Waals surface area contributed by atoms with Crippen molar-refractivity contribution < 1.29 is 0 Å². The van der Waals surface area contributed by atoms with E-state index in [0.717, 1.165) is 16.7 Å². The molecular formula is C20H43N9S. The van der Waals surface area contributed by atoms with Gasteiger partial charge in [-0.05, 0) is 0 Å². The van der Waals surface area contributed by atoms with Crippen LogP contribution in [-0.4, -0.2) is 46.0 Å². The summed E-state index contributed by atoms with van der Waals surface area (Å²) in [6.07, 6.45) is 1.52. The number of tetrazole rings is 1. The summed E-state index contributed by atoms with van der Waals surface area (Å²) in [4.78, 5) is 3.95. The number of rotatable bonds is 3. The summed E-state index contributed by atoms with van der Waals surface area (Å²) in [5.74, 6) is 3.07. The van der Waals surface area contributed by atoms with Crippen molar-refractivity contribution in [3.8, 4) is 0 Å². The van der Waals surface area contributed by atoms with Crippen molar-refractivity contribution >= 4 is 11.3 Å². The zero-order valence-corrected chi connectivity index (χ0v) is 21.7. The molecule has 3 heterocycles. The van der Waals surface area contributed by atoms with Gasteiger partial charge < -0.3 is 0 Å². The van der Waals surface area contributed by atoms with E-state index in [9.17, 15) is 0 Å². The van der Waals surface area contributed by atoms with Gasteiger partial charge in [-0.25, -0.2) is 4.98 Å². The number of aromatic amines is 2. The summed E-state index contributed by atoms with van der Waals surface area (Å²) >= 11 is 1.61. The van der Waals surface area contributed by atoms with Crippen LogP contribution in [0.1, 0.15) is 117 Å². The van der Waals surface area contributed by atoms with E-state index in [2.05, 4.69) is 73.7 Å². The number of aromatic nitrogens is 9. The Morgan fingerprint density at radius 1 is 0.800 bits per heavy atom. The summed E-state index contributed by atoms with van der Waals surface area (Å²) in [6, 6.07) is 0. The van der Waals surface area contributed by atoms with Crippen LogP contribution in [0.4, 0.5) is 0 Å². The van der Waals surface area contributed by atoms with Gasteiger partial charge >= 0.3 is 0 Å². The van der Waals surface area contributed by atoms with Gasteiger partial charge in [-0.3, -0.25) is 5.10 Å². The zero-order chi connectivity index (χ0) is 23.9. The second-order valence-corrected chi connectivity index (χ2v) is 6.75. The van der Waals surface area contributed by atoms with Crippen LogP contribution in [0.5, 0.6) is 0 Å². The van der Waals surface area contributed by atoms with Crippen molar-refractivity contribution in [2.75, 3.05) is 0 Å². The van der Waals surface area contributed by atoms with Gasteiger partial charge in [0.1, 0.15) is 22.7 Å². The van der Waals surface area contributed by atoms with Gasteiger partial charge in [0, 0.05) is 17.8 Å². The first-order valence-corrected chi connectivity index (χ1v) is 11.6. The highest BCUT2D eigenvalue weighted by molar-refractivity contribution is 7.09. The number of hydrogen-bond donors (Lipinski definition) is 2. The fraction of sp³-hybridized carbons (Fsp3) is 0.750. The van der Waals surface area contributed by atoms with E-state index < -0.39 is 0 Å². The Hall–Kier alpha value is -2.23. The molecule has 0 aromatic carbocycles. The van der Waals surface area contributed by atoms with Crippen LogP contribution in [0.3, 0.4) is 0 Å². The van der Waals surface area contributed by atoms with E-state index in [-0.39, 0.29) is 0 Å². The molecule has 3 aromatic rings. The minimum Gasteiger partial charge on any atom is -0.263 e. The van der Waals surface area contributed by atoms with Crippen LogP contribution in [-0.2, 0) is 0 Å². The number of hydrogen-bond acceptors (Lipinski definition) is 8. The predicted octanol–water partition coefficient (Wildman–Crippen LogP) is 5.99. The molecule has 0 atom stereocenters. The number of H-pyrrole nitrogens is 2. The first-order valence-electron chi connectivity index (χ1n) is 10.8. The lowest BCUT2D eigenvalue weighted by atomic mass is 10.2. The second-order valence-electron chi connectivity index (χ2n) is 5.88. The normalized spacial score (nSPS) is 8.90. The monoisotopic (exact) mass is 441 g/mol. The van der Waals surface area contributed by atoms with Gasteiger partial charge in [-0.2, -0.15) is 10.3 Å². The lowest BCUT2D eigenvalue weighted by molar-refractivity contribution is 0.778. The molecule has 0 unspecified atom stereocenters. The first kappa shape index (κ1) is 32.4. The third-order valence-corrected chi connectivity index (χ3v) is 3.72. The Labute approximate surface area is 186 Å². The van der Waals surface area contributed by atoms with Gasteiger partial charge in [0.2, 0.25) is 0 Å². The largest absolute Gasteiger partial charge is 0.263 e. The van der Waals surface area contributed by atoms with Crippen LogP contribution >= 0.6 is 11.3 Å². The Bertz CT molecular complexity index is 528. The molecule has 0 aliphatic heterocycles. The molecule has 0 radical (unpaired) electrons. The maximum absolute atomic E-state index is 3.95. The highest BCUT2D eigenvalue weighted by Crippen LogP contribution is 2.13. The third kappa shape index (κ3) is 16.7. The molecule has 0 aliphatic rings. The molecule has 174 valence electrons. The van der Waals surface area contributed by atoms with Crippen molar-refractivity contribution in [3.05, 3.63) is 28.5 Å². The Morgan fingerprint density at radius 2 is 1.40 bits per heavy atom. The van der Waals surface area contributed by atoms with Gasteiger partial charge in [-0.15, -0.1) is 31.7 Å². The summed E-state index contributed by atoms with van der Waals surface area (Å²) in [7, 11) is 0. The molecule has 0 saturated heterocycles. The first-order chi connectivity index (χ1) is 14.4. The van der Waals surface area contributed by atoms with E-state index >= 15 is 0 Å². The molecule has 0 spiro atoms. The summed E-state index contributed by atoms with van der Waals surface area (Å²) in [5.41, 5.74) is 1.76. The molecule has 3 aromatic heterocycles. The topological polar surface area (TPSA) is 122 Å². The smallest absolute Gasteiger partial charge is 0.177 e. The van der Waals surface area contributed by atoms with Gasteiger partial charge in [0.25, 0.3) is 0 Å². The van der Waals surface area contributed by atoms with E-state index in [1.165, 1.54) is 6.33 Å². The van der Waals surface area contributed by atoms with Crippen molar-refractivity contribution in [1.29, 1.82) is 0 Å². The quantitative estimate of drug-likeness (QED) is 0.511. The van der Waals surface area contributed by atoms with Gasteiger partial charge in [0.05, 0.1) is 0 Å². The third-order valence-electron chi connectivity index (χ3n) is 2.73.